The minimum absolute atomic E-state index is 0.172. The van der Waals surface area contributed by atoms with E-state index in [0.717, 1.165) is 61.8 Å². The number of hydrogen-bond acceptors (Lipinski definition) is 4. The van der Waals surface area contributed by atoms with Crippen molar-refractivity contribution in [2.24, 2.45) is 5.92 Å². The second-order valence-electron chi connectivity index (χ2n) is 7.59. The lowest BCUT2D eigenvalue weighted by Gasteiger charge is -2.28. The van der Waals surface area contributed by atoms with Gasteiger partial charge in [-0.2, -0.15) is 0 Å². The Kier molecular flexibility index (Phi) is 8.04. The van der Waals surface area contributed by atoms with E-state index in [9.17, 15) is 4.79 Å². The van der Waals surface area contributed by atoms with Crippen molar-refractivity contribution < 1.29 is 4.79 Å². The molecule has 0 aliphatic heterocycles. The van der Waals surface area contributed by atoms with Gasteiger partial charge in [-0.05, 0) is 38.9 Å². The Balaban J connectivity index is 1.75. The number of anilines is 1. The molecule has 1 aliphatic carbocycles. The van der Waals surface area contributed by atoms with Gasteiger partial charge >= 0.3 is 0 Å². The molecule has 0 unspecified atom stereocenters. The van der Waals surface area contributed by atoms with E-state index in [1.54, 1.807) is 11.3 Å². The average Bonchev–Trinajstić information content (AvgIpc) is 3.25. The maximum atomic E-state index is 13.3. The third-order valence-corrected chi connectivity index (χ3v) is 6.63. The summed E-state index contributed by atoms with van der Waals surface area (Å²) in [5, 5.41) is 2.94. The highest BCUT2D eigenvalue weighted by atomic mass is 32.1. The van der Waals surface area contributed by atoms with Crippen LogP contribution in [0.25, 0.3) is 11.3 Å². The largest absolute Gasteiger partial charge is 0.304 e. The number of amides is 1. The Morgan fingerprint density at radius 1 is 1.07 bits per heavy atom. The van der Waals surface area contributed by atoms with Gasteiger partial charge in [0.05, 0.1) is 5.69 Å². The zero-order valence-electron chi connectivity index (χ0n) is 17.3. The van der Waals surface area contributed by atoms with E-state index in [1.807, 2.05) is 23.1 Å². The molecule has 1 aromatic heterocycles. The summed E-state index contributed by atoms with van der Waals surface area (Å²) in [5.74, 6) is 0.458. The number of thiazole rings is 1. The normalized spacial score (nSPS) is 15.1. The highest BCUT2D eigenvalue weighted by Gasteiger charge is 2.28. The first-order valence-electron chi connectivity index (χ1n) is 10.8. The fourth-order valence-electron chi connectivity index (χ4n) is 3.99. The van der Waals surface area contributed by atoms with Gasteiger partial charge in [-0.25, -0.2) is 4.98 Å². The molecule has 1 aliphatic rings. The second kappa shape index (κ2) is 10.7. The van der Waals surface area contributed by atoms with Crippen LogP contribution in [0.2, 0.25) is 0 Å². The molecule has 0 radical (unpaired) electrons. The Labute approximate surface area is 173 Å². The minimum Gasteiger partial charge on any atom is -0.304 e. The number of benzene rings is 1. The highest BCUT2D eigenvalue weighted by molar-refractivity contribution is 7.14. The van der Waals surface area contributed by atoms with Crippen LogP contribution in [0.3, 0.4) is 0 Å². The number of nitrogens with zero attached hydrogens (tertiary/aromatic N) is 3. The molecule has 1 fully saturated rings. The predicted molar refractivity (Wildman–Crippen MR) is 119 cm³/mol. The molecule has 28 heavy (non-hydrogen) atoms. The number of carbonyl (C=O) groups is 1. The topological polar surface area (TPSA) is 36.4 Å². The molecular formula is C23H33N3OS. The molecule has 1 amide bonds. The van der Waals surface area contributed by atoms with Gasteiger partial charge in [0.2, 0.25) is 5.91 Å². The molecule has 1 saturated carbocycles. The average molecular weight is 400 g/mol. The maximum Gasteiger partial charge on any atom is 0.231 e. The quantitative estimate of drug-likeness (QED) is 0.562. The molecule has 152 valence electrons. The van der Waals surface area contributed by atoms with Gasteiger partial charge in [-0.1, -0.05) is 63.4 Å². The maximum absolute atomic E-state index is 13.3. The van der Waals surface area contributed by atoms with Gasteiger partial charge in [0.15, 0.2) is 5.13 Å². The first-order chi connectivity index (χ1) is 13.7. The number of hydrogen-bond donors (Lipinski definition) is 0. The smallest absolute Gasteiger partial charge is 0.231 e. The molecule has 0 atom stereocenters. The minimum atomic E-state index is 0.172. The van der Waals surface area contributed by atoms with Crippen LogP contribution < -0.4 is 4.90 Å². The number of aromatic nitrogens is 1. The molecular weight excluding hydrogens is 366 g/mol. The standard InChI is InChI=1S/C23H33N3OS/c1-3-25(4-2)16-11-17-26(22(27)20-14-9-6-10-15-20)23-24-21(18-28-23)19-12-7-5-8-13-19/h5,7-8,12-13,18,20H,3-4,6,9-11,14-17H2,1-2H3. The lowest BCUT2D eigenvalue weighted by atomic mass is 9.88. The van der Waals surface area contributed by atoms with Crippen LogP contribution in [0.15, 0.2) is 35.7 Å². The Hall–Kier alpha value is -1.72. The summed E-state index contributed by atoms with van der Waals surface area (Å²) >= 11 is 1.60. The molecule has 0 saturated heterocycles. The zero-order chi connectivity index (χ0) is 19.8. The van der Waals surface area contributed by atoms with Gasteiger partial charge < -0.3 is 4.90 Å². The molecule has 0 N–H and O–H groups in total. The van der Waals surface area contributed by atoms with E-state index in [0.29, 0.717) is 0 Å². The SMILES string of the molecule is CCN(CC)CCCN(C(=O)C1CCCCC1)c1nc(-c2ccccc2)cs1. The van der Waals surface area contributed by atoms with Crippen molar-refractivity contribution in [3.8, 4) is 11.3 Å². The van der Waals surface area contributed by atoms with E-state index in [4.69, 9.17) is 4.98 Å². The van der Waals surface area contributed by atoms with Crippen LogP contribution in [0, 0.1) is 5.92 Å². The zero-order valence-corrected chi connectivity index (χ0v) is 18.1. The summed E-state index contributed by atoms with van der Waals surface area (Å²) in [5.41, 5.74) is 2.07. The number of rotatable bonds is 9. The first kappa shape index (κ1) is 21.0. The molecule has 4 nitrogen and oxygen atoms in total. The van der Waals surface area contributed by atoms with E-state index < -0.39 is 0 Å². The molecule has 2 aromatic rings. The molecule has 0 bridgehead atoms. The molecule has 0 spiro atoms. The van der Waals surface area contributed by atoms with Crippen molar-refractivity contribution in [1.29, 1.82) is 0 Å². The summed E-state index contributed by atoms with van der Waals surface area (Å²) in [7, 11) is 0. The van der Waals surface area contributed by atoms with Crippen LogP contribution in [-0.2, 0) is 4.79 Å². The molecule has 5 heteroatoms. The van der Waals surface area contributed by atoms with Crippen molar-refractivity contribution in [2.45, 2.75) is 52.4 Å². The number of carbonyl (C=O) groups excluding carboxylic acids is 1. The molecule has 3 rings (SSSR count). The van der Waals surface area contributed by atoms with Crippen molar-refractivity contribution in [1.82, 2.24) is 9.88 Å². The third-order valence-electron chi connectivity index (χ3n) is 5.76. The van der Waals surface area contributed by atoms with Crippen molar-refractivity contribution in [2.75, 3.05) is 31.1 Å². The Morgan fingerprint density at radius 3 is 2.46 bits per heavy atom. The second-order valence-corrected chi connectivity index (χ2v) is 8.42. The fraction of sp³-hybridized carbons (Fsp3) is 0.565. The fourth-order valence-corrected chi connectivity index (χ4v) is 4.86. The van der Waals surface area contributed by atoms with E-state index in [1.165, 1.54) is 19.3 Å². The monoisotopic (exact) mass is 399 g/mol. The van der Waals surface area contributed by atoms with Gasteiger partial charge in [-0.3, -0.25) is 9.69 Å². The van der Waals surface area contributed by atoms with Crippen LogP contribution in [-0.4, -0.2) is 42.0 Å². The van der Waals surface area contributed by atoms with E-state index >= 15 is 0 Å². The lowest BCUT2D eigenvalue weighted by molar-refractivity contribution is -0.123. The Morgan fingerprint density at radius 2 is 1.79 bits per heavy atom. The van der Waals surface area contributed by atoms with Gasteiger partial charge in [-0.15, -0.1) is 11.3 Å². The Bertz CT molecular complexity index is 720. The first-order valence-corrected chi connectivity index (χ1v) is 11.7. The summed E-state index contributed by atoms with van der Waals surface area (Å²) in [6, 6.07) is 10.2. The van der Waals surface area contributed by atoms with Crippen molar-refractivity contribution in [3.63, 3.8) is 0 Å². The van der Waals surface area contributed by atoms with Crippen LogP contribution in [0.1, 0.15) is 52.4 Å². The van der Waals surface area contributed by atoms with Crippen LogP contribution >= 0.6 is 11.3 Å². The lowest BCUT2D eigenvalue weighted by Crippen LogP contribution is -2.39. The summed E-state index contributed by atoms with van der Waals surface area (Å²) in [6.07, 6.45) is 6.67. The summed E-state index contributed by atoms with van der Waals surface area (Å²) in [4.78, 5) is 22.6. The van der Waals surface area contributed by atoms with Crippen molar-refractivity contribution >= 4 is 22.4 Å². The highest BCUT2D eigenvalue weighted by Crippen LogP contribution is 2.31. The van der Waals surface area contributed by atoms with E-state index in [-0.39, 0.29) is 11.8 Å². The third kappa shape index (κ3) is 5.42. The summed E-state index contributed by atoms with van der Waals surface area (Å²) < 4.78 is 0. The molecule has 1 heterocycles. The van der Waals surface area contributed by atoms with E-state index in [2.05, 4.69) is 36.3 Å². The van der Waals surface area contributed by atoms with Crippen molar-refractivity contribution in [3.05, 3.63) is 35.7 Å². The molecule has 1 aromatic carbocycles. The van der Waals surface area contributed by atoms with Gasteiger partial charge in [0.25, 0.3) is 0 Å². The van der Waals surface area contributed by atoms with Crippen LogP contribution in [0.4, 0.5) is 5.13 Å². The van der Waals surface area contributed by atoms with Crippen LogP contribution in [0.5, 0.6) is 0 Å². The predicted octanol–water partition coefficient (Wildman–Crippen LogP) is 5.46. The van der Waals surface area contributed by atoms with Gasteiger partial charge in [0.1, 0.15) is 0 Å². The van der Waals surface area contributed by atoms with Gasteiger partial charge in [0, 0.05) is 23.4 Å². The summed E-state index contributed by atoms with van der Waals surface area (Å²) in [6.45, 7) is 8.29.